The minimum absolute atomic E-state index is 0.00528. The van der Waals surface area contributed by atoms with Crippen molar-refractivity contribution < 1.29 is 9.21 Å². The molecule has 0 aliphatic carbocycles. The summed E-state index contributed by atoms with van der Waals surface area (Å²) in [6.07, 6.45) is 5.84. The highest BCUT2D eigenvalue weighted by atomic mass is 35.5. The van der Waals surface area contributed by atoms with E-state index < -0.39 is 0 Å². The van der Waals surface area contributed by atoms with Gasteiger partial charge >= 0.3 is 0 Å². The fraction of sp³-hybridized carbons (Fsp3) is 0.250. The van der Waals surface area contributed by atoms with Crippen molar-refractivity contribution in [2.75, 3.05) is 13.1 Å². The van der Waals surface area contributed by atoms with Crippen LogP contribution < -0.4 is 0 Å². The summed E-state index contributed by atoms with van der Waals surface area (Å²) in [6.45, 7) is 1.34. The molecule has 1 fully saturated rings. The Kier molecular flexibility index (Phi) is 3.15. The maximum absolute atomic E-state index is 12.7. The molecule has 2 aromatic heterocycles. The van der Waals surface area contributed by atoms with Gasteiger partial charge in [-0.15, -0.1) is 0 Å². The van der Waals surface area contributed by atoms with Crippen LogP contribution in [0.4, 0.5) is 0 Å². The van der Waals surface area contributed by atoms with Gasteiger partial charge in [0.15, 0.2) is 0 Å². The fourth-order valence-corrected chi connectivity index (χ4v) is 3.11. The summed E-state index contributed by atoms with van der Waals surface area (Å²) in [5.41, 5.74) is 1.36. The number of hydrogen-bond donors (Lipinski definition) is 0. The number of benzene rings is 1. The van der Waals surface area contributed by atoms with Crippen LogP contribution in [0.3, 0.4) is 0 Å². The van der Waals surface area contributed by atoms with Gasteiger partial charge in [0.1, 0.15) is 11.8 Å². The lowest BCUT2D eigenvalue weighted by Gasteiger charge is -2.16. The summed E-state index contributed by atoms with van der Waals surface area (Å²) in [5, 5.41) is 5.71. The van der Waals surface area contributed by atoms with E-state index in [0.717, 1.165) is 17.4 Å². The predicted molar refractivity (Wildman–Crippen MR) is 83.0 cm³/mol. The zero-order valence-corrected chi connectivity index (χ0v) is 12.5. The van der Waals surface area contributed by atoms with Gasteiger partial charge in [-0.3, -0.25) is 9.48 Å². The standard InChI is InChI=1S/C16H14ClN3O2/c17-11-7-18-20(8-11)12-5-6-19(9-12)16(21)14-10-22-15-4-2-1-3-13(14)15/h1-4,7-8,10,12H,5-6,9H2. The number of para-hydroxylation sites is 1. The number of hydrogen-bond acceptors (Lipinski definition) is 3. The van der Waals surface area contributed by atoms with Gasteiger partial charge in [0.2, 0.25) is 0 Å². The molecule has 0 saturated carbocycles. The van der Waals surface area contributed by atoms with Crippen molar-refractivity contribution in [3.05, 3.63) is 53.5 Å². The van der Waals surface area contributed by atoms with E-state index in [4.69, 9.17) is 16.0 Å². The average molecular weight is 316 g/mol. The van der Waals surface area contributed by atoms with E-state index >= 15 is 0 Å². The van der Waals surface area contributed by atoms with Gasteiger partial charge in [-0.2, -0.15) is 5.10 Å². The summed E-state index contributed by atoms with van der Waals surface area (Å²) in [7, 11) is 0. The summed E-state index contributed by atoms with van der Waals surface area (Å²) in [6, 6.07) is 7.76. The van der Waals surface area contributed by atoms with Crippen molar-refractivity contribution in [2.24, 2.45) is 0 Å². The maximum Gasteiger partial charge on any atom is 0.257 e. The summed E-state index contributed by atoms with van der Waals surface area (Å²) >= 11 is 5.91. The summed E-state index contributed by atoms with van der Waals surface area (Å²) < 4.78 is 7.30. The quantitative estimate of drug-likeness (QED) is 0.728. The first-order valence-corrected chi connectivity index (χ1v) is 7.55. The number of furan rings is 1. The highest BCUT2D eigenvalue weighted by Crippen LogP contribution is 2.27. The van der Waals surface area contributed by atoms with Crippen LogP contribution in [0.2, 0.25) is 5.02 Å². The van der Waals surface area contributed by atoms with Crippen molar-refractivity contribution in [1.82, 2.24) is 14.7 Å². The van der Waals surface area contributed by atoms with Gasteiger partial charge in [-0.05, 0) is 12.5 Å². The number of fused-ring (bicyclic) bond motifs is 1. The number of nitrogens with zero attached hydrogens (tertiary/aromatic N) is 3. The first-order valence-electron chi connectivity index (χ1n) is 7.17. The Morgan fingerprint density at radius 3 is 3.05 bits per heavy atom. The molecule has 1 unspecified atom stereocenters. The molecule has 22 heavy (non-hydrogen) atoms. The second-order valence-electron chi connectivity index (χ2n) is 5.48. The highest BCUT2D eigenvalue weighted by molar-refractivity contribution is 6.30. The summed E-state index contributed by atoms with van der Waals surface area (Å²) in [4.78, 5) is 14.6. The third-order valence-corrected chi connectivity index (χ3v) is 4.30. The Bertz CT molecular complexity index is 839. The number of likely N-dealkylation sites (tertiary alicyclic amines) is 1. The molecule has 3 aromatic rings. The molecule has 6 heteroatoms. The SMILES string of the molecule is O=C(c1coc2ccccc12)N1CCC(n2cc(Cl)cn2)C1. The van der Waals surface area contributed by atoms with Crippen molar-refractivity contribution >= 4 is 28.5 Å². The van der Waals surface area contributed by atoms with E-state index in [1.807, 2.05) is 33.8 Å². The first kappa shape index (κ1) is 13.4. The zero-order valence-electron chi connectivity index (χ0n) is 11.8. The Labute approximate surface area is 132 Å². The second-order valence-corrected chi connectivity index (χ2v) is 5.91. The lowest BCUT2D eigenvalue weighted by molar-refractivity contribution is 0.0788. The predicted octanol–water partition coefficient (Wildman–Crippen LogP) is 3.37. The monoisotopic (exact) mass is 315 g/mol. The highest BCUT2D eigenvalue weighted by Gasteiger charge is 2.30. The molecule has 0 N–H and O–H groups in total. The molecule has 1 saturated heterocycles. The van der Waals surface area contributed by atoms with Crippen molar-refractivity contribution in [3.63, 3.8) is 0 Å². The second kappa shape index (κ2) is 5.18. The molecule has 112 valence electrons. The molecule has 5 nitrogen and oxygen atoms in total. The molecule has 1 aliphatic heterocycles. The lowest BCUT2D eigenvalue weighted by Crippen LogP contribution is -2.29. The molecule has 1 atom stereocenters. The van der Waals surface area contributed by atoms with E-state index in [2.05, 4.69) is 5.10 Å². The van der Waals surface area contributed by atoms with Crippen LogP contribution in [0.25, 0.3) is 11.0 Å². The van der Waals surface area contributed by atoms with Crippen molar-refractivity contribution in [1.29, 1.82) is 0 Å². The number of aromatic nitrogens is 2. The Morgan fingerprint density at radius 2 is 2.23 bits per heavy atom. The molecule has 1 amide bonds. The van der Waals surface area contributed by atoms with Gasteiger partial charge in [0, 0.05) is 24.7 Å². The van der Waals surface area contributed by atoms with E-state index in [0.29, 0.717) is 23.7 Å². The number of carbonyl (C=O) groups is 1. The third-order valence-electron chi connectivity index (χ3n) is 4.11. The van der Waals surface area contributed by atoms with Crippen LogP contribution in [-0.2, 0) is 0 Å². The smallest absolute Gasteiger partial charge is 0.257 e. The third kappa shape index (κ3) is 2.18. The minimum atomic E-state index is 0.00528. The van der Waals surface area contributed by atoms with Crippen LogP contribution in [0.5, 0.6) is 0 Å². The zero-order chi connectivity index (χ0) is 15.1. The number of carbonyl (C=O) groups excluding carboxylic acids is 1. The van der Waals surface area contributed by atoms with Gasteiger partial charge in [-0.25, -0.2) is 0 Å². The Hall–Kier alpha value is -2.27. The van der Waals surface area contributed by atoms with Gasteiger partial charge in [0.05, 0.1) is 22.8 Å². The van der Waals surface area contributed by atoms with Crippen molar-refractivity contribution in [2.45, 2.75) is 12.5 Å². The molecule has 0 bridgehead atoms. The maximum atomic E-state index is 12.7. The van der Waals surface area contributed by atoms with E-state index in [9.17, 15) is 4.79 Å². The van der Waals surface area contributed by atoms with E-state index in [-0.39, 0.29) is 11.9 Å². The molecule has 0 radical (unpaired) electrons. The largest absolute Gasteiger partial charge is 0.463 e. The topological polar surface area (TPSA) is 51.3 Å². The molecular formula is C16H14ClN3O2. The number of halogens is 1. The Morgan fingerprint density at radius 1 is 1.36 bits per heavy atom. The molecule has 0 spiro atoms. The van der Waals surface area contributed by atoms with Crippen LogP contribution >= 0.6 is 11.6 Å². The van der Waals surface area contributed by atoms with Gasteiger partial charge in [-0.1, -0.05) is 29.8 Å². The normalized spacial score (nSPS) is 18.2. The lowest BCUT2D eigenvalue weighted by atomic mass is 10.1. The molecule has 1 aliphatic rings. The Balaban J connectivity index is 1.57. The van der Waals surface area contributed by atoms with Crippen LogP contribution in [0.15, 0.2) is 47.3 Å². The van der Waals surface area contributed by atoms with Crippen molar-refractivity contribution in [3.8, 4) is 0 Å². The van der Waals surface area contributed by atoms with E-state index in [1.54, 1.807) is 18.7 Å². The van der Waals surface area contributed by atoms with Gasteiger partial charge < -0.3 is 9.32 Å². The van der Waals surface area contributed by atoms with Crippen LogP contribution in [0.1, 0.15) is 22.8 Å². The molecule has 3 heterocycles. The van der Waals surface area contributed by atoms with Crippen LogP contribution in [0, 0.1) is 0 Å². The first-order chi connectivity index (χ1) is 10.7. The fourth-order valence-electron chi connectivity index (χ4n) is 2.97. The average Bonchev–Trinajstić information content (AvgIpc) is 3.25. The molecule has 1 aromatic carbocycles. The molecular weight excluding hydrogens is 302 g/mol. The number of amides is 1. The molecule has 4 rings (SSSR count). The summed E-state index contributed by atoms with van der Waals surface area (Å²) in [5.74, 6) is 0.00528. The number of rotatable bonds is 2. The minimum Gasteiger partial charge on any atom is -0.463 e. The van der Waals surface area contributed by atoms with Crippen LogP contribution in [-0.4, -0.2) is 33.7 Å². The van der Waals surface area contributed by atoms with E-state index in [1.165, 1.54) is 0 Å². The van der Waals surface area contributed by atoms with Gasteiger partial charge in [0.25, 0.3) is 5.91 Å².